The smallest absolute Gasteiger partial charge is 0.230 e. The van der Waals surface area contributed by atoms with Gasteiger partial charge in [-0.05, 0) is 32.6 Å². The van der Waals surface area contributed by atoms with Crippen molar-refractivity contribution in [1.29, 1.82) is 0 Å². The van der Waals surface area contributed by atoms with Crippen molar-refractivity contribution in [2.24, 2.45) is 11.1 Å². The standard InChI is InChI=1S/C15H28N2O2/c1-15(9-5-8-13(15)16)14(19)17(10-11-18)12-6-3-2-4-7-12/h12-13,18H,2-11,16H2,1H3. The molecule has 0 radical (unpaired) electrons. The van der Waals surface area contributed by atoms with Crippen LogP contribution in [0.25, 0.3) is 0 Å². The van der Waals surface area contributed by atoms with Gasteiger partial charge in [-0.15, -0.1) is 0 Å². The Kier molecular flexibility index (Phi) is 4.85. The number of hydrogen-bond acceptors (Lipinski definition) is 3. The van der Waals surface area contributed by atoms with Crippen LogP contribution >= 0.6 is 0 Å². The zero-order chi connectivity index (χ0) is 13.9. The molecule has 19 heavy (non-hydrogen) atoms. The van der Waals surface area contributed by atoms with Gasteiger partial charge >= 0.3 is 0 Å². The molecular weight excluding hydrogens is 240 g/mol. The number of carbonyl (C=O) groups excluding carboxylic acids is 1. The molecule has 1 amide bonds. The minimum Gasteiger partial charge on any atom is -0.395 e. The second kappa shape index (κ2) is 6.23. The van der Waals surface area contributed by atoms with E-state index in [2.05, 4.69) is 0 Å². The van der Waals surface area contributed by atoms with Crippen LogP contribution in [-0.4, -0.2) is 41.1 Å². The van der Waals surface area contributed by atoms with Crippen LogP contribution in [0.4, 0.5) is 0 Å². The summed E-state index contributed by atoms with van der Waals surface area (Å²) in [6.45, 7) is 2.53. The monoisotopic (exact) mass is 268 g/mol. The number of carbonyl (C=O) groups is 1. The lowest BCUT2D eigenvalue weighted by atomic mass is 9.82. The van der Waals surface area contributed by atoms with Crippen LogP contribution in [0.2, 0.25) is 0 Å². The zero-order valence-electron chi connectivity index (χ0n) is 12.1. The van der Waals surface area contributed by atoms with Crippen molar-refractivity contribution in [2.45, 2.75) is 70.4 Å². The highest BCUT2D eigenvalue weighted by Crippen LogP contribution is 2.39. The molecule has 2 rings (SSSR count). The van der Waals surface area contributed by atoms with E-state index in [0.29, 0.717) is 12.6 Å². The first-order chi connectivity index (χ1) is 9.09. The third-order valence-corrected chi connectivity index (χ3v) is 5.14. The van der Waals surface area contributed by atoms with E-state index in [0.717, 1.165) is 32.1 Å². The van der Waals surface area contributed by atoms with Gasteiger partial charge in [-0.1, -0.05) is 25.7 Å². The molecule has 4 heteroatoms. The van der Waals surface area contributed by atoms with E-state index in [4.69, 9.17) is 5.73 Å². The third-order valence-electron chi connectivity index (χ3n) is 5.14. The molecule has 2 saturated carbocycles. The highest BCUT2D eigenvalue weighted by Gasteiger charge is 2.46. The van der Waals surface area contributed by atoms with Crippen molar-refractivity contribution in [3.05, 3.63) is 0 Å². The van der Waals surface area contributed by atoms with Gasteiger partial charge < -0.3 is 15.7 Å². The molecule has 0 spiro atoms. The van der Waals surface area contributed by atoms with Crippen molar-refractivity contribution < 1.29 is 9.90 Å². The van der Waals surface area contributed by atoms with Crippen molar-refractivity contribution in [3.63, 3.8) is 0 Å². The van der Waals surface area contributed by atoms with E-state index in [-0.39, 0.29) is 18.6 Å². The Morgan fingerprint density at radius 2 is 1.95 bits per heavy atom. The van der Waals surface area contributed by atoms with E-state index in [9.17, 15) is 9.90 Å². The number of hydrogen-bond donors (Lipinski definition) is 2. The molecule has 0 aromatic heterocycles. The minimum absolute atomic E-state index is 0.0233. The van der Waals surface area contributed by atoms with E-state index in [1.54, 1.807) is 0 Å². The van der Waals surface area contributed by atoms with Crippen LogP contribution in [0, 0.1) is 5.41 Å². The maximum atomic E-state index is 12.9. The molecule has 0 aromatic carbocycles. The highest BCUT2D eigenvalue weighted by molar-refractivity contribution is 5.84. The maximum Gasteiger partial charge on any atom is 0.230 e. The molecule has 2 fully saturated rings. The summed E-state index contributed by atoms with van der Waals surface area (Å²) in [5, 5.41) is 9.28. The first kappa shape index (κ1) is 14.8. The normalized spacial score (nSPS) is 32.5. The van der Waals surface area contributed by atoms with Gasteiger partial charge in [0, 0.05) is 18.6 Å². The fraction of sp³-hybridized carbons (Fsp3) is 0.933. The maximum absolute atomic E-state index is 12.9. The summed E-state index contributed by atoms with van der Waals surface area (Å²) >= 11 is 0. The topological polar surface area (TPSA) is 66.6 Å². The lowest BCUT2D eigenvalue weighted by molar-refractivity contribution is -0.145. The summed E-state index contributed by atoms with van der Waals surface area (Å²) in [6, 6.07) is 0.294. The Morgan fingerprint density at radius 3 is 2.47 bits per heavy atom. The van der Waals surface area contributed by atoms with Crippen molar-refractivity contribution in [1.82, 2.24) is 4.90 Å². The fourth-order valence-corrected chi connectivity index (χ4v) is 3.74. The second-order valence-corrected chi connectivity index (χ2v) is 6.43. The van der Waals surface area contributed by atoms with Crippen molar-refractivity contribution in [2.75, 3.05) is 13.2 Å². The number of amides is 1. The Bertz CT molecular complexity index is 315. The summed E-state index contributed by atoms with van der Waals surface area (Å²) in [5.41, 5.74) is 5.76. The minimum atomic E-state index is -0.410. The number of nitrogens with zero attached hydrogens (tertiary/aromatic N) is 1. The predicted octanol–water partition coefficient (Wildman–Crippen LogP) is 1.66. The van der Waals surface area contributed by atoms with E-state index in [1.165, 1.54) is 19.3 Å². The van der Waals surface area contributed by atoms with Crippen LogP contribution < -0.4 is 5.73 Å². The summed E-state index contributed by atoms with van der Waals surface area (Å²) in [7, 11) is 0. The Morgan fingerprint density at radius 1 is 1.26 bits per heavy atom. The van der Waals surface area contributed by atoms with Gasteiger partial charge in [-0.2, -0.15) is 0 Å². The summed E-state index contributed by atoms with van der Waals surface area (Å²) in [4.78, 5) is 14.8. The number of aliphatic hydroxyl groups is 1. The second-order valence-electron chi connectivity index (χ2n) is 6.43. The molecule has 2 atom stereocenters. The van der Waals surface area contributed by atoms with Gasteiger partial charge in [-0.25, -0.2) is 0 Å². The summed E-state index contributed by atoms with van der Waals surface area (Å²) in [5.74, 6) is 0.179. The SMILES string of the molecule is CC1(C(=O)N(CCO)C2CCCCC2)CCCC1N. The Labute approximate surface area is 116 Å². The van der Waals surface area contributed by atoms with Crippen LogP contribution in [-0.2, 0) is 4.79 Å². The van der Waals surface area contributed by atoms with Crippen LogP contribution in [0.3, 0.4) is 0 Å². The molecule has 2 aliphatic carbocycles. The van der Waals surface area contributed by atoms with Crippen molar-refractivity contribution in [3.8, 4) is 0 Å². The lowest BCUT2D eigenvalue weighted by Gasteiger charge is -2.40. The molecule has 0 bridgehead atoms. The largest absolute Gasteiger partial charge is 0.395 e. The van der Waals surface area contributed by atoms with Gasteiger partial charge in [0.2, 0.25) is 5.91 Å². The summed E-state index contributed by atoms with van der Waals surface area (Å²) < 4.78 is 0. The number of nitrogens with two attached hydrogens (primary N) is 1. The molecule has 0 aliphatic heterocycles. The zero-order valence-corrected chi connectivity index (χ0v) is 12.1. The molecule has 0 aromatic rings. The van der Waals surface area contributed by atoms with Gasteiger partial charge in [0.15, 0.2) is 0 Å². The number of aliphatic hydroxyl groups excluding tert-OH is 1. The fourth-order valence-electron chi connectivity index (χ4n) is 3.74. The van der Waals surface area contributed by atoms with Gasteiger partial charge in [0.1, 0.15) is 0 Å². The average molecular weight is 268 g/mol. The predicted molar refractivity (Wildman–Crippen MR) is 75.6 cm³/mol. The van der Waals surface area contributed by atoms with Gasteiger partial charge in [-0.3, -0.25) is 4.79 Å². The Hall–Kier alpha value is -0.610. The molecule has 4 nitrogen and oxygen atoms in total. The van der Waals surface area contributed by atoms with Crippen LogP contribution in [0.15, 0.2) is 0 Å². The van der Waals surface area contributed by atoms with E-state index < -0.39 is 5.41 Å². The molecule has 0 saturated heterocycles. The molecule has 2 aliphatic rings. The van der Waals surface area contributed by atoms with E-state index in [1.807, 2.05) is 11.8 Å². The lowest BCUT2D eigenvalue weighted by Crippen LogP contribution is -2.53. The highest BCUT2D eigenvalue weighted by atomic mass is 16.3. The first-order valence-corrected chi connectivity index (χ1v) is 7.77. The third kappa shape index (κ3) is 2.95. The van der Waals surface area contributed by atoms with Gasteiger partial charge in [0.25, 0.3) is 0 Å². The molecule has 2 unspecified atom stereocenters. The van der Waals surface area contributed by atoms with Crippen molar-refractivity contribution >= 4 is 5.91 Å². The molecule has 3 N–H and O–H groups in total. The van der Waals surface area contributed by atoms with Crippen LogP contribution in [0.1, 0.15) is 58.3 Å². The van der Waals surface area contributed by atoms with E-state index >= 15 is 0 Å². The van der Waals surface area contributed by atoms with Gasteiger partial charge in [0.05, 0.1) is 12.0 Å². The average Bonchev–Trinajstić information content (AvgIpc) is 2.77. The quantitative estimate of drug-likeness (QED) is 0.815. The number of rotatable bonds is 4. The summed E-state index contributed by atoms with van der Waals surface area (Å²) in [6.07, 6.45) is 8.70. The molecular formula is C15H28N2O2. The molecule has 110 valence electrons. The first-order valence-electron chi connectivity index (χ1n) is 7.77. The molecule has 0 heterocycles. The Balaban J connectivity index is 2.11. The van der Waals surface area contributed by atoms with Crippen LogP contribution in [0.5, 0.6) is 0 Å².